The van der Waals surface area contributed by atoms with E-state index < -0.39 is 18.1 Å². The summed E-state index contributed by atoms with van der Waals surface area (Å²) in [6.45, 7) is 10.8. The Kier molecular flexibility index (Phi) is 8.65. The van der Waals surface area contributed by atoms with Crippen molar-refractivity contribution >= 4 is 22.8 Å². The van der Waals surface area contributed by atoms with Crippen LogP contribution in [0.4, 0.5) is 4.39 Å². The number of hydrogen-bond donors (Lipinski definition) is 2. The van der Waals surface area contributed by atoms with Crippen LogP contribution in [0, 0.1) is 0 Å². The summed E-state index contributed by atoms with van der Waals surface area (Å²) in [4.78, 5) is 39.2. The van der Waals surface area contributed by atoms with E-state index in [0.29, 0.717) is 18.5 Å². The average Bonchev–Trinajstić information content (AvgIpc) is 3.08. The molecule has 4 heterocycles. The maximum absolute atomic E-state index is 14.3. The fraction of sp³-hybridized carbons (Fsp3) is 0.640. The van der Waals surface area contributed by atoms with Crippen molar-refractivity contribution in [3.63, 3.8) is 0 Å². The van der Waals surface area contributed by atoms with Crippen molar-refractivity contribution < 1.29 is 14.0 Å². The van der Waals surface area contributed by atoms with Crippen molar-refractivity contribution in [3.8, 4) is 0 Å². The number of hydrogen-bond acceptors (Lipinski definition) is 5. The van der Waals surface area contributed by atoms with Crippen molar-refractivity contribution in [2.45, 2.75) is 71.1 Å². The summed E-state index contributed by atoms with van der Waals surface area (Å²) in [6.07, 6.45) is 0.492. The van der Waals surface area contributed by atoms with E-state index >= 15 is 0 Å². The molecule has 3 aliphatic rings. The fourth-order valence-electron chi connectivity index (χ4n) is 5.23. The Hall–Kier alpha value is -2.52. The van der Waals surface area contributed by atoms with Crippen molar-refractivity contribution in [2.24, 2.45) is 7.05 Å². The standard InChI is InChI=1S/C21H26FN5O3.2C2H6/c1-25-19-13(12-10-26(11-12)15-7-8-23-9-14(15)22)3-2-4-16(19)27(21(25)30)17-5-6-18(28)24-20(17)29;2*1-2/h2-4,12,14-15,17,23H,5-11H2,1H3,(H,24,28,29);2*1-2H3. The number of para-hydroxylation sites is 1. The first-order chi connectivity index (χ1) is 16.5. The molecular weight excluding hydrogens is 437 g/mol. The molecule has 3 atom stereocenters. The zero-order valence-electron chi connectivity index (χ0n) is 20.9. The molecule has 34 heavy (non-hydrogen) atoms. The zero-order valence-corrected chi connectivity index (χ0v) is 20.9. The van der Waals surface area contributed by atoms with Gasteiger partial charge in [-0.05, 0) is 31.0 Å². The zero-order chi connectivity index (χ0) is 25.0. The smallest absolute Gasteiger partial charge is 0.314 e. The third-order valence-corrected chi connectivity index (χ3v) is 6.85. The Morgan fingerprint density at radius 1 is 1.03 bits per heavy atom. The average molecular weight is 476 g/mol. The van der Waals surface area contributed by atoms with Gasteiger partial charge in [-0.2, -0.15) is 0 Å². The van der Waals surface area contributed by atoms with Crippen LogP contribution in [-0.2, 0) is 16.6 Å². The van der Waals surface area contributed by atoms with E-state index in [9.17, 15) is 18.8 Å². The second-order valence-electron chi connectivity index (χ2n) is 8.62. The maximum atomic E-state index is 14.3. The highest BCUT2D eigenvalue weighted by molar-refractivity contribution is 6.00. The molecule has 2 N–H and O–H groups in total. The molecule has 2 amide bonds. The molecule has 0 bridgehead atoms. The van der Waals surface area contributed by atoms with Crippen LogP contribution < -0.4 is 16.3 Å². The Bertz CT molecular complexity index is 1070. The topological polar surface area (TPSA) is 88.4 Å². The lowest BCUT2D eigenvalue weighted by Gasteiger charge is -2.47. The van der Waals surface area contributed by atoms with Gasteiger partial charge in [-0.1, -0.05) is 39.8 Å². The number of alkyl halides is 1. The second kappa shape index (κ2) is 11.3. The molecule has 1 aromatic carbocycles. The number of piperidine rings is 2. The summed E-state index contributed by atoms with van der Waals surface area (Å²) in [5.41, 5.74) is 2.32. The highest BCUT2D eigenvalue weighted by Crippen LogP contribution is 2.36. The quantitative estimate of drug-likeness (QED) is 0.666. The minimum atomic E-state index is -0.853. The van der Waals surface area contributed by atoms with Crippen molar-refractivity contribution in [3.05, 3.63) is 34.2 Å². The molecule has 0 radical (unpaired) electrons. The predicted molar refractivity (Wildman–Crippen MR) is 132 cm³/mol. The van der Waals surface area contributed by atoms with Gasteiger partial charge in [0, 0.05) is 45.1 Å². The summed E-state index contributed by atoms with van der Waals surface area (Å²) < 4.78 is 17.4. The lowest BCUT2D eigenvalue weighted by molar-refractivity contribution is -0.135. The highest BCUT2D eigenvalue weighted by atomic mass is 19.1. The molecule has 3 saturated heterocycles. The van der Waals surface area contributed by atoms with Gasteiger partial charge in [0.15, 0.2) is 0 Å². The number of nitrogens with one attached hydrogen (secondary N) is 2. The van der Waals surface area contributed by atoms with Crippen LogP contribution in [0.25, 0.3) is 11.0 Å². The normalized spacial score (nSPS) is 25.5. The van der Waals surface area contributed by atoms with Gasteiger partial charge in [-0.25, -0.2) is 9.18 Å². The van der Waals surface area contributed by atoms with E-state index in [4.69, 9.17) is 0 Å². The minimum Gasteiger partial charge on any atom is -0.314 e. The molecule has 2 aromatic rings. The van der Waals surface area contributed by atoms with E-state index in [1.807, 2.05) is 45.9 Å². The summed E-state index contributed by atoms with van der Waals surface area (Å²) in [5, 5.41) is 5.43. The van der Waals surface area contributed by atoms with Crippen molar-refractivity contribution in [2.75, 3.05) is 26.2 Å². The Labute approximate surface area is 200 Å². The molecular formula is C25H38FN5O3. The molecule has 188 valence electrons. The van der Waals surface area contributed by atoms with Crippen molar-refractivity contribution in [1.82, 2.24) is 24.7 Å². The van der Waals surface area contributed by atoms with Gasteiger partial charge in [-0.15, -0.1) is 0 Å². The fourth-order valence-corrected chi connectivity index (χ4v) is 5.23. The number of carbonyl (C=O) groups excluding carboxylic acids is 2. The molecule has 3 aliphatic heterocycles. The Morgan fingerprint density at radius 3 is 2.38 bits per heavy atom. The third kappa shape index (κ3) is 4.68. The SMILES string of the molecule is CC.CC.Cn1c(=O)n(C2CCC(=O)NC2=O)c2cccc(C3CN(C4CCNCC4F)C3)c21. The van der Waals surface area contributed by atoms with Gasteiger partial charge in [-0.3, -0.25) is 28.9 Å². The number of imidazole rings is 1. The molecule has 0 saturated carbocycles. The van der Waals surface area contributed by atoms with Gasteiger partial charge in [0.2, 0.25) is 11.8 Å². The summed E-state index contributed by atoms with van der Waals surface area (Å²) >= 11 is 0. The van der Waals surface area contributed by atoms with E-state index in [1.165, 1.54) is 4.57 Å². The van der Waals surface area contributed by atoms with E-state index in [0.717, 1.165) is 37.1 Å². The number of fused-ring (bicyclic) bond motifs is 1. The molecule has 9 heteroatoms. The first kappa shape index (κ1) is 26.1. The minimum absolute atomic E-state index is 0.0430. The van der Waals surface area contributed by atoms with Crippen LogP contribution in [0.2, 0.25) is 0 Å². The first-order valence-electron chi connectivity index (χ1n) is 12.6. The van der Waals surface area contributed by atoms with Gasteiger partial charge < -0.3 is 5.32 Å². The predicted octanol–water partition coefficient (Wildman–Crippen LogP) is 2.47. The highest BCUT2D eigenvalue weighted by Gasteiger charge is 2.39. The lowest BCUT2D eigenvalue weighted by Crippen LogP contribution is -2.58. The number of halogens is 1. The second-order valence-corrected chi connectivity index (χ2v) is 8.62. The van der Waals surface area contributed by atoms with Crippen LogP contribution in [0.15, 0.2) is 23.0 Å². The molecule has 3 fully saturated rings. The number of likely N-dealkylation sites (tertiary alicyclic amines) is 1. The largest absolute Gasteiger partial charge is 0.329 e. The number of imide groups is 1. The number of benzene rings is 1. The lowest BCUT2D eigenvalue weighted by atomic mass is 9.87. The van der Waals surface area contributed by atoms with Crippen LogP contribution in [0.1, 0.15) is 64.5 Å². The number of carbonyl (C=O) groups is 2. The molecule has 1 aromatic heterocycles. The summed E-state index contributed by atoms with van der Waals surface area (Å²) in [7, 11) is 1.72. The first-order valence-corrected chi connectivity index (χ1v) is 12.6. The van der Waals surface area contributed by atoms with Crippen LogP contribution in [0.5, 0.6) is 0 Å². The van der Waals surface area contributed by atoms with Crippen LogP contribution >= 0.6 is 0 Å². The third-order valence-electron chi connectivity index (χ3n) is 6.85. The number of aromatic nitrogens is 2. The van der Waals surface area contributed by atoms with Gasteiger partial charge in [0.25, 0.3) is 0 Å². The van der Waals surface area contributed by atoms with E-state index in [2.05, 4.69) is 15.5 Å². The summed E-state index contributed by atoms with van der Waals surface area (Å²) in [6, 6.07) is 5.05. The van der Waals surface area contributed by atoms with Gasteiger partial charge >= 0.3 is 5.69 Å². The number of amides is 2. The molecule has 3 unspecified atom stereocenters. The Balaban J connectivity index is 0.000000771. The molecule has 0 spiro atoms. The van der Waals surface area contributed by atoms with Gasteiger partial charge in [0.1, 0.15) is 12.2 Å². The Morgan fingerprint density at radius 2 is 1.74 bits per heavy atom. The monoisotopic (exact) mass is 475 g/mol. The number of aryl methyl sites for hydroxylation is 1. The molecule has 0 aliphatic carbocycles. The number of rotatable bonds is 3. The van der Waals surface area contributed by atoms with Crippen molar-refractivity contribution in [1.29, 1.82) is 0 Å². The van der Waals surface area contributed by atoms with E-state index in [-0.39, 0.29) is 30.0 Å². The summed E-state index contributed by atoms with van der Waals surface area (Å²) in [5.74, 6) is -0.510. The van der Waals surface area contributed by atoms with Gasteiger partial charge in [0.05, 0.1) is 11.0 Å². The molecule has 8 nitrogen and oxygen atoms in total. The van der Waals surface area contributed by atoms with E-state index in [1.54, 1.807) is 11.6 Å². The number of nitrogens with zero attached hydrogens (tertiary/aromatic N) is 3. The molecule has 5 rings (SSSR count). The van der Waals surface area contributed by atoms with Crippen LogP contribution in [-0.4, -0.2) is 64.2 Å². The van der Waals surface area contributed by atoms with Crippen LogP contribution in [0.3, 0.4) is 0 Å². The maximum Gasteiger partial charge on any atom is 0.329 e.